The zero-order valence-electron chi connectivity index (χ0n) is 15.1. The Bertz CT molecular complexity index is 1170. The van der Waals surface area contributed by atoms with Crippen LogP contribution in [0.5, 0.6) is 0 Å². The number of rotatable bonds is 3. The van der Waals surface area contributed by atoms with Crippen LogP contribution < -0.4 is 5.32 Å². The second-order valence-electron chi connectivity index (χ2n) is 6.21. The van der Waals surface area contributed by atoms with Gasteiger partial charge in [0.05, 0.1) is 5.39 Å². The maximum Gasteiger partial charge on any atom is 0.228 e. The van der Waals surface area contributed by atoms with Gasteiger partial charge < -0.3 is 5.32 Å². The van der Waals surface area contributed by atoms with Crippen molar-refractivity contribution in [1.82, 2.24) is 19.9 Å². The third-order valence-corrected chi connectivity index (χ3v) is 5.23. The van der Waals surface area contributed by atoms with Crippen molar-refractivity contribution in [2.45, 2.75) is 20.8 Å². The number of anilines is 2. The van der Waals surface area contributed by atoms with Crippen molar-refractivity contribution in [2.75, 3.05) is 5.32 Å². The zero-order chi connectivity index (χ0) is 19.0. The molecule has 0 saturated carbocycles. The minimum atomic E-state index is 0.482. The summed E-state index contributed by atoms with van der Waals surface area (Å²) >= 11 is 1.37. The standard InChI is InChI=1S/C20H16N6S/c1-11-9-12(2)23-20(22-11)26-18-16-13(3)15(10-21)27-19(16)25-17(24-18)14-7-5-4-6-8-14/h4-9H,1-3H3,(H,22,23,24,25,26). The number of aryl methyl sites for hydroxylation is 3. The third-order valence-electron chi connectivity index (χ3n) is 4.14. The largest absolute Gasteiger partial charge is 0.308 e. The number of nitriles is 1. The van der Waals surface area contributed by atoms with Crippen LogP contribution in [0.1, 0.15) is 21.8 Å². The van der Waals surface area contributed by atoms with Gasteiger partial charge in [-0.1, -0.05) is 30.3 Å². The van der Waals surface area contributed by atoms with E-state index >= 15 is 0 Å². The van der Waals surface area contributed by atoms with Crippen molar-refractivity contribution in [3.05, 3.63) is 58.2 Å². The summed E-state index contributed by atoms with van der Waals surface area (Å²) in [6, 6.07) is 13.9. The Morgan fingerprint density at radius 2 is 1.67 bits per heavy atom. The van der Waals surface area contributed by atoms with Gasteiger partial charge in [0.1, 0.15) is 21.6 Å². The Morgan fingerprint density at radius 1 is 0.963 bits per heavy atom. The highest BCUT2D eigenvalue weighted by molar-refractivity contribution is 7.19. The molecule has 0 radical (unpaired) electrons. The van der Waals surface area contributed by atoms with E-state index in [1.54, 1.807) is 0 Å². The highest BCUT2D eigenvalue weighted by Gasteiger charge is 2.18. The molecule has 0 unspecified atom stereocenters. The normalized spacial score (nSPS) is 10.7. The average Bonchev–Trinajstić information content (AvgIpc) is 2.97. The van der Waals surface area contributed by atoms with Crippen LogP contribution in [-0.4, -0.2) is 19.9 Å². The molecule has 7 heteroatoms. The van der Waals surface area contributed by atoms with Crippen LogP contribution in [-0.2, 0) is 0 Å². The lowest BCUT2D eigenvalue weighted by atomic mass is 10.2. The first-order valence-corrected chi connectivity index (χ1v) is 9.23. The number of nitrogens with one attached hydrogen (secondary N) is 1. The lowest BCUT2D eigenvalue weighted by Gasteiger charge is -2.10. The molecule has 1 N–H and O–H groups in total. The van der Waals surface area contributed by atoms with Crippen LogP contribution >= 0.6 is 11.3 Å². The van der Waals surface area contributed by atoms with Crippen molar-refractivity contribution < 1.29 is 0 Å². The SMILES string of the molecule is Cc1cc(C)nc(Nc2nc(-c3ccccc3)nc3sc(C#N)c(C)c23)n1. The molecule has 0 atom stereocenters. The van der Waals surface area contributed by atoms with E-state index in [1.165, 1.54) is 11.3 Å². The van der Waals surface area contributed by atoms with Crippen LogP contribution in [0.3, 0.4) is 0 Å². The van der Waals surface area contributed by atoms with E-state index in [0.29, 0.717) is 22.5 Å². The van der Waals surface area contributed by atoms with Gasteiger partial charge in [-0.3, -0.25) is 0 Å². The molecule has 132 valence electrons. The highest BCUT2D eigenvalue weighted by atomic mass is 32.1. The Balaban J connectivity index is 1.93. The summed E-state index contributed by atoms with van der Waals surface area (Å²) in [5.74, 6) is 1.69. The monoisotopic (exact) mass is 372 g/mol. The molecule has 6 nitrogen and oxygen atoms in total. The zero-order valence-corrected chi connectivity index (χ0v) is 15.9. The van der Waals surface area contributed by atoms with Gasteiger partial charge >= 0.3 is 0 Å². The molecule has 0 aliphatic heterocycles. The molecule has 0 spiro atoms. The van der Waals surface area contributed by atoms with Crippen LogP contribution in [0.2, 0.25) is 0 Å². The van der Waals surface area contributed by atoms with Gasteiger partial charge in [0.2, 0.25) is 5.95 Å². The lowest BCUT2D eigenvalue weighted by Crippen LogP contribution is -2.03. The van der Waals surface area contributed by atoms with E-state index in [0.717, 1.165) is 32.7 Å². The van der Waals surface area contributed by atoms with Crippen molar-refractivity contribution >= 4 is 33.3 Å². The fourth-order valence-electron chi connectivity index (χ4n) is 2.94. The van der Waals surface area contributed by atoms with Crippen LogP contribution in [0.25, 0.3) is 21.6 Å². The second-order valence-corrected chi connectivity index (χ2v) is 7.21. The van der Waals surface area contributed by atoms with E-state index in [-0.39, 0.29) is 0 Å². The average molecular weight is 372 g/mol. The third kappa shape index (κ3) is 3.23. The van der Waals surface area contributed by atoms with Gasteiger partial charge in [-0.15, -0.1) is 11.3 Å². The number of nitrogens with zero attached hydrogens (tertiary/aromatic N) is 5. The van der Waals surface area contributed by atoms with Crippen molar-refractivity contribution in [2.24, 2.45) is 0 Å². The molecule has 0 bridgehead atoms. The van der Waals surface area contributed by atoms with E-state index in [4.69, 9.17) is 4.98 Å². The number of aromatic nitrogens is 4. The molecule has 0 aliphatic rings. The molecule has 3 aromatic heterocycles. The van der Waals surface area contributed by atoms with Gasteiger partial charge in [-0.25, -0.2) is 19.9 Å². The van der Waals surface area contributed by atoms with Crippen LogP contribution in [0.4, 0.5) is 11.8 Å². The lowest BCUT2D eigenvalue weighted by molar-refractivity contribution is 1.05. The Morgan fingerprint density at radius 3 is 2.33 bits per heavy atom. The van der Waals surface area contributed by atoms with E-state index in [1.807, 2.05) is 57.2 Å². The molecular weight excluding hydrogens is 356 g/mol. The van der Waals surface area contributed by atoms with Gasteiger partial charge in [0.15, 0.2) is 5.82 Å². The molecule has 4 rings (SSSR count). The van der Waals surface area contributed by atoms with Gasteiger partial charge in [0, 0.05) is 17.0 Å². The molecule has 0 fully saturated rings. The first-order chi connectivity index (χ1) is 13.0. The van der Waals surface area contributed by atoms with Crippen molar-refractivity contribution in [3.8, 4) is 17.5 Å². The number of thiophene rings is 1. The summed E-state index contributed by atoms with van der Waals surface area (Å²) in [5, 5.41) is 13.5. The molecule has 27 heavy (non-hydrogen) atoms. The summed E-state index contributed by atoms with van der Waals surface area (Å²) in [6.07, 6.45) is 0. The fourth-order valence-corrected chi connectivity index (χ4v) is 3.92. The molecule has 0 saturated heterocycles. The van der Waals surface area contributed by atoms with Crippen LogP contribution in [0.15, 0.2) is 36.4 Å². The molecule has 0 amide bonds. The van der Waals surface area contributed by atoms with Gasteiger partial charge in [0.25, 0.3) is 0 Å². The summed E-state index contributed by atoms with van der Waals surface area (Å²) in [7, 11) is 0. The minimum Gasteiger partial charge on any atom is -0.308 e. The molecular formula is C20H16N6S. The summed E-state index contributed by atoms with van der Waals surface area (Å²) in [5.41, 5.74) is 3.52. The fraction of sp³-hybridized carbons (Fsp3) is 0.150. The van der Waals surface area contributed by atoms with Gasteiger partial charge in [-0.2, -0.15) is 5.26 Å². The maximum absolute atomic E-state index is 9.43. The predicted octanol–water partition coefficient (Wildman–Crippen LogP) is 4.69. The van der Waals surface area contributed by atoms with E-state index < -0.39 is 0 Å². The Hall–Kier alpha value is -3.37. The molecule has 4 aromatic rings. The topological polar surface area (TPSA) is 87.4 Å². The smallest absolute Gasteiger partial charge is 0.228 e. The quantitative estimate of drug-likeness (QED) is 0.561. The van der Waals surface area contributed by atoms with Crippen molar-refractivity contribution in [1.29, 1.82) is 5.26 Å². The predicted molar refractivity (Wildman–Crippen MR) is 107 cm³/mol. The van der Waals surface area contributed by atoms with Crippen LogP contribution in [0, 0.1) is 32.1 Å². The number of hydrogen-bond donors (Lipinski definition) is 1. The van der Waals surface area contributed by atoms with E-state index in [9.17, 15) is 5.26 Å². The Labute approximate surface area is 160 Å². The van der Waals surface area contributed by atoms with Crippen molar-refractivity contribution in [3.63, 3.8) is 0 Å². The molecule has 1 aromatic carbocycles. The molecule has 0 aliphatic carbocycles. The number of fused-ring (bicyclic) bond motifs is 1. The summed E-state index contributed by atoms with van der Waals surface area (Å²) in [6.45, 7) is 5.76. The first-order valence-electron chi connectivity index (χ1n) is 8.41. The minimum absolute atomic E-state index is 0.482. The summed E-state index contributed by atoms with van der Waals surface area (Å²) < 4.78 is 0. The number of hydrogen-bond acceptors (Lipinski definition) is 7. The molecule has 3 heterocycles. The maximum atomic E-state index is 9.43. The first kappa shape index (κ1) is 17.1. The van der Waals surface area contributed by atoms with Gasteiger partial charge in [-0.05, 0) is 32.4 Å². The summed E-state index contributed by atoms with van der Waals surface area (Å²) in [4.78, 5) is 19.7. The second kappa shape index (κ2) is 6.74. The van der Waals surface area contributed by atoms with E-state index in [2.05, 4.69) is 26.3 Å². The highest BCUT2D eigenvalue weighted by Crippen LogP contribution is 2.35. The number of benzene rings is 1. The Kier molecular flexibility index (Phi) is 4.26.